The van der Waals surface area contributed by atoms with E-state index in [0.717, 1.165) is 66.3 Å². The van der Waals surface area contributed by atoms with Gasteiger partial charge in [0.25, 0.3) is 0 Å². The van der Waals surface area contributed by atoms with E-state index in [4.69, 9.17) is 9.68 Å². The van der Waals surface area contributed by atoms with Crippen molar-refractivity contribution in [2.45, 2.75) is 46.0 Å². The molecule has 2 aromatic heterocycles. The van der Waals surface area contributed by atoms with Crippen molar-refractivity contribution in [3.8, 4) is 0 Å². The summed E-state index contributed by atoms with van der Waals surface area (Å²) in [4.78, 5) is 20.1. The average molecular weight is 364 g/mol. The van der Waals surface area contributed by atoms with Crippen LogP contribution in [0.4, 0.5) is 0 Å². The summed E-state index contributed by atoms with van der Waals surface area (Å²) in [7, 11) is 0. The molecule has 0 unspecified atom stereocenters. The van der Waals surface area contributed by atoms with Crippen LogP contribution in [0.15, 0.2) is 34.6 Å². The first-order valence-electron chi connectivity index (χ1n) is 9.52. The molecular weight excluding hydrogens is 340 g/mol. The van der Waals surface area contributed by atoms with Crippen molar-refractivity contribution < 1.29 is 9.68 Å². The molecule has 2 aliphatic rings. The smallest absolute Gasteiger partial charge is 0.120 e. The summed E-state index contributed by atoms with van der Waals surface area (Å²) in [5.74, 6) is 0. The van der Waals surface area contributed by atoms with Crippen molar-refractivity contribution >= 4 is 11.4 Å². The monoisotopic (exact) mass is 364 g/mol. The molecule has 6 nitrogen and oxygen atoms in total. The third-order valence-corrected chi connectivity index (χ3v) is 4.87. The van der Waals surface area contributed by atoms with Crippen LogP contribution in [0.5, 0.6) is 0 Å². The Morgan fingerprint density at radius 1 is 0.741 bits per heavy atom. The topological polar surface area (TPSA) is 69.0 Å². The van der Waals surface area contributed by atoms with Crippen LogP contribution >= 0.6 is 0 Å². The molecule has 0 atom stereocenters. The molecule has 0 amide bonds. The van der Waals surface area contributed by atoms with E-state index in [1.54, 1.807) is 0 Å². The van der Waals surface area contributed by atoms with E-state index >= 15 is 0 Å². The molecule has 2 aliphatic carbocycles. The SMILES string of the molecule is Cc1ccc2c(n1)/C(=N/OCCCO/N=C1\CCc3ccc(C)nc31)CC2. The van der Waals surface area contributed by atoms with E-state index in [2.05, 4.69) is 32.4 Å². The van der Waals surface area contributed by atoms with Crippen molar-refractivity contribution in [1.82, 2.24) is 9.97 Å². The second kappa shape index (κ2) is 7.86. The average Bonchev–Trinajstić information content (AvgIpc) is 3.24. The van der Waals surface area contributed by atoms with Gasteiger partial charge in [-0.25, -0.2) is 0 Å². The number of nitrogens with zero attached hydrogens (tertiary/aromatic N) is 4. The van der Waals surface area contributed by atoms with Crippen molar-refractivity contribution in [2.24, 2.45) is 10.3 Å². The molecule has 0 saturated heterocycles. The number of aromatic nitrogens is 2. The summed E-state index contributed by atoms with van der Waals surface area (Å²) in [6.45, 7) is 5.00. The standard InChI is InChI=1S/C21H24N4O2/c1-14-4-6-16-8-10-18(20(16)22-14)24-26-12-3-13-27-25-19-11-9-17-7-5-15(2)23-21(17)19/h4-7H,3,8-13H2,1-2H3/b24-18+,25-19+. The summed E-state index contributed by atoms with van der Waals surface area (Å²) in [6, 6.07) is 8.34. The minimum Gasteiger partial charge on any atom is -0.395 e. The molecule has 0 aromatic carbocycles. The fourth-order valence-electron chi connectivity index (χ4n) is 3.43. The van der Waals surface area contributed by atoms with E-state index in [1.807, 2.05) is 26.0 Å². The predicted octanol–water partition coefficient (Wildman–Crippen LogP) is 3.52. The highest BCUT2D eigenvalue weighted by molar-refractivity contribution is 6.03. The van der Waals surface area contributed by atoms with Crippen LogP contribution < -0.4 is 0 Å². The molecule has 0 fully saturated rings. The highest BCUT2D eigenvalue weighted by Gasteiger charge is 2.20. The lowest BCUT2D eigenvalue weighted by Crippen LogP contribution is -2.03. The number of hydrogen-bond donors (Lipinski definition) is 0. The molecular formula is C21H24N4O2. The van der Waals surface area contributed by atoms with Crippen molar-refractivity contribution in [3.63, 3.8) is 0 Å². The van der Waals surface area contributed by atoms with Crippen LogP contribution in [-0.4, -0.2) is 34.6 Å². The van der Waals surface area contributed by atoms with Gasteiger partial charge in [0.2, 0.25) is 0 Å². The molecule has 2 aromatic rings. The lowest BCUT2D eigenvalue weighted by molar-refractivity contribution is 0.0897. The minimum atomic E-state index is 0.503. The number of aryl methyl sites for hydroxylation is 4. The fraction of sp³-hybridized carbons (Fsp3) is 0.429. The van der Waals surface area contributed by atoms with Gasteiger partial charge in [0.05, 0.1) is 11.4 Å². The van der Waals surface area contributed by atoms with Gasteiger partial charge in [-0.15, -0.1) is 0 Å². The maximum atomic E-state index is 5.47. The van der Waals surface area contributed by atoms with Crippen molar-refractivity contribution in [2.75, 3.05) is 13.2 Å². The van der Waals surface area contributed by atoms with E-state index in [1.165, 1.54) is 11.1 Å². The number of pyridine rings is 2. The molecule has 140 valence electrons. The van der Waals surface area contributed by atoms with Crippen LogP contribution in [0.25, 0.3) is 0 Å². The predicted molar refractivity (Wildman–Crippen MR) is 104 cm³/mol. The van der Waals surface area contributed by atoms with Crippen LogP contribution in [0.2, 0.25) is 0 Å². The molecule has 0 saturated carbocycles. The first-order valence-corrected chi connectivity index (χ1v) is 9.52. The summed E-state index contributed by atoms with van der Waals surface area (Å²) in [6.07, 6.45) is 4.49. The van der Waals surface area contributed by atoms with Crippen LogP contribution in [0, 0.1) is 13.8 Å². The van der Waals surface area contributed by atoms with E-state index in [0.29, 0.717) is 13.2 Å². The van der Waals surface area contributed by atoms with Gasteiger partial charge >= 0.3 is 0 Å². The quantitative estimate of drug-likeness (QED) is 0.581. The molecule has 4 rings (SSSR count). The molecule has 0 radical (unpaired) electrons. The van der Waals surface area contributed by atoms with Gasteiger partial charge in [0.15, 0.2) is 0 Å². The molecule has 0 bridgehead atoms. The van der Waals surface area contributed by atoms with Crippen LogP contribution in [-0.2, 0) is 22.5 Å². The van der Waals surface area contributed by atoms with Crippen LogP contribution in [0.3, 0.4) is 0 Å². The Morgan fingerprint density at radius 2 is 1.22 bits per heavy atom. The number of hydrogen-bond acceptors (Lipinski definition) is 6. The second-order valence-corrected chi connectivity index (χ2v) is 7.02. The lowest BCUT2D eigenvalue weighted by atomic mass is 10.2. The first-order chi connectivity index (χ1) is 13.2. The van der Waals surface area contributed by atoms with Gasteiger partial charge < -0.3 is 9.68 Å². The Bertz CT molecular complexity index is 832. The summed E-state index contributed by atoms with van der Waals surface area (Å²) in [5, 5.41) is 8.55. The molecule has 0 N–H and O–H groups in total. The largest absolute Gasteiger partial charge is 0.395 e. The number of fused-ring (bicyclic) bond motifs is 2. The zero-order valence-corrected chi connectivity index (χ0v) is 15.9. The lowest BCUT2D eigenvalue weighted by Gasteiger charge is -2.04. The molecule has 0 aliphatic heterocycles. The van der Waals surface area contributed by atoms with Gasteiger partial charge in [-0.2, -0.15) is 0 Å². The van der Waals surface area contributed by atoms with Gasteiger partial charge in [0, 0.05) is 17.8 Å². The van der Waals surface area contributed by atoms with E-state index in [9.17, 15) is 0 Å². The summed E-state index contributed by atoms with van der Waals surface area (Å²) >= 11 is 0. The highest BCUT2D eigenvalue weighted by Crippen LogP contribution is 2.22. The van der Waals surface area contributed by atoms with Gasteiger partial charge in [-0.3, -0.25) is 9.97 Å². The highest BCUT2D eigenvalue weighted by atomic mass is 16.6. The van der Waals surface area contributed by atoms with Gasteiger partial charge in [-0.1, -0.05) is 22.4 Å². The maximum absolute atomic E-state index is 5.47. The Balaban J connectivity index is 1.23. The Morgan fingerprint density at radius 3 is 1.70 bits per heavy atom. The zero-order valence-electron chi connectivity index (χ0n) is 15.9. The van der Waals surface area contributed by atoms with Crippen molar-refractivity contribution in [1.29, 1.82) is 0 Å². The third kappa shape index (κ3) is 3.99. The third-order valence-electron chi connectivity index (χ3n) is 4.87. The number of oxime groups is 2. The molecule has 0 spiro atoms. The van der Waals surface area contributed by atoms with Gasteiger partial charge in [0.1, 0.15) is 24.6 Å². The second-order valence-electron chi connectivity index (χ2n) is 7.02. The molecule has 6 heteroatoms. The maximum Gasteiger partial charge on any atom is 0.120 e. The first kappa shape index (κ1) is 17.6. The molecule has 27 heavy (non-hydrogen) atoms. The Hall–Kier alpha value is -2.76. The van der Waals surface area contributed by atoms with Crippen molar-refractivity contribution in [3.05, 3.63) is 58.2 Å². The summed E-state index contributed by atoms with van der Waals surface area (Å²) in [5.41, 5.74) is 8.38. The summed E-state index contributed by atoms with van der Waals surface area (Å²) < 4.78 is 0. The normalized spacial score (nSPS) is 18.0. The van der Waals surface area contributed by atoms with E-state index in [-0.39, 0.29) is 0 Å². The molecule has 2 heterocycles. The van der Waals surface area contributed by atoms with Crippen LogP contribution in [0.1, 0.15) is 53.2 Å². The zero-order chi connectivity index (χ0) is 18.6. The van der Waals surface area contributed by atoms with E-state index < -0.39 is 0 Å². The Kier molecular flexibility index (Phi) is 5.14. The Labute approximate surface area is 159 Å². The minimum absolute atomic E-state index is 0.503. The van der Waals surface area contributed by atoms with Gasteiger partial charge in [-0.05, 0) is 62.8 Å². The number of rotatable bonds is 6. The fourth-order valence-corrected chi connectivity index (χ4v) is 3.43.